The Hall–Kier alpha value is -1.33. The minimum Gasteiger partial charge on any atom is -0.309 e. The summed E-state index contributed by atoms with van der Waals surface area (Å²) >= 11 is 2.01. The van der Waals surface area contributed by atoms with Crippen LogP contribution in [0, 0.1) is 19.7 Å². The van der Waals surface area contributed by atoms with Gasteiger partial charge in [0.1, 0.15) is 5.82 Å². The summed E-state index contributed by atoms with van der Waals surface area (Å²) in [4.78, 5) is 0. The van der Waals surface area contributed by atoms with Crippen LogP contribution in [0.15, 0.2) is 24.3 Å². The molecular formula is C16H20FN3S. The number of halogens is 1. The molecule has 5 heteroatoms. The number of thioether (sulfide) groups is 1. The second kappa shape index (κ2) is 6.20. The van der Waals surface area contributed by atoms with Gasteiger partial charge in [-0.2, -0.15) is 16.9 Å². The lowest BCUT2D eigenvalue weighted by molar-refractivity contribution is 0.555. The lowest BCUT2D eigenvalue weighted by Crippen LogP contribution is -2.28. The van der Waals surface area contributed by atoms with Gasteiger partial charge in [-0.1, -0.05) is 0 Å². The van der Waals surface area contributed by atoms with Crippen LogP contribution in [0.2, 0.25) is 0 Å². The SMILES string of the molecule is Cc1nn(-c2ccc(F)cc2)c(C)c1CNC1CCSC1. The average molecular weight is 305 g/mol. The Morgan fingerprint density at radius 2 is 2.10 bits per heavy atom. The monoisotopic (exact) mass is 305 g/mol. The number of benzene rings is 1. The zero-order chi connectivity index (χ0) is 14.8. The standard InChI is InChI=1S/C16H20FN3S/c1-11-16(9-18-14-7-8-21-10-14)12(2)20(19-11)15-5-3-13(17)4-6-15/h3-6,14,18H,7-10H2,1-2H3. The van der Waals surface area contributed by atoms with E-state index in [-0.39, 0.29) is 5.82 Å². The topological polar surface area (TPSA) is 29.9 Å². The molecule has 21 heavy (non-hydrogen) atoms. The molecular weight excluding hydrogens is 285 g/mol. The molecule has 1 atom stereocenters. The number of nitrogens with one attached hydrogen (secondary N) is 1. The van der Waals surface area contributed by atoms with Gasteiger partial charge in [0.25, 0.3) is 0 Å². The number of rotatable bonds is 4. The fourth-order valence-corrected chi connectivity index (χ4v) is 3.89. The summed E-state index contributed by atoms with van der Waals surface area (Å²) in [6.45, 7) is 4.96. The molecule has 1 aromatic carbocycles. The molecule has 2 heterocycles. The molecule has 0 radical (unpaired) electrons. The van der Waals surface area contributed by atoms with Crippen LogP contribution in [-0.2, 0) is 6.54 Å². The minimum absolute atomic E-state index is 0.221. The van der Waals surface area contributed by atoms with Gasteiger partial charge in [0.2, 0.25) is 0 Å². The number of nitrogens with zero attached hydrogens (tertiary/aromatic N) is 2. The molecule has 1 aromatic heterocycles. The second-order valence-electron chi connectivity index (χ2n) is 5.48. The van der Waals surface area contributed by atoms with Crippen LogP contribution in [0.4, 0.5) is 4.39 Å². The Morgan fingerprint density at radius 3 is 2.76 bits per heavy atom. The predicted molar refractivity (Wildman–Crippen MR) is 85.6 cm³/mol. The molecule has 1 unspecified atom stereocenters. The maximum absolute atomic E-state index is 13.0. The smallest absolute Gasteiger partial charge is 0.123 e. The highest BCUT2D eigenvalue weighted by Crippen LogP contribution is 2.21. The lowest BCUT2D eigenvalue weighted by Gasteiger charge is -2.11. The van der Waals surface area contributed by atoms with Gasteiger partial charge in [0.15, 0.2) is 0 Å². The van der Waals surface area contributed by atoms with Crippen molar-refractivity contribution in [1.82, 2.24) is 15.1 Å². The highest BCUT2D eigenvalue weighted by Gasteiger charge is 2.17. The average Bonchev–Trinajstić information content (AvgIpc) is 3.07. The number of hydrogen-bond donors (Lipinski definition) is 1. The van der Waals surface area contributed by atoms with Crippen molar-refractivity contribution >= 4 is 11.8 Å². The van der Waals surface area contributed by atoms with Gasteiger partial charge in [-0.05, 0) is 50.3 Å². The maximum Gasteiger partial charge on any atom is 0.123 e. The lowest BCUT2D eigenvalue weighted by atomic mass is 10.1. The first kappa shape index (κ1) is 14.6. The Morgan fingerprint density at radius 1 is 1.33 bits per heavy atom. The first-order valence-corrected chi connectivity index (χ1v) is 8.43. The van der Waals surface area contributed by atoms with E-state index in [1.165, 1.54) is 35.6 Å². The maximum atomic E-state index is 13.0. The van der Waals surface area contributed by atoms with Crippen LogP contribution >= 0.6 is 11.8 Å². The summed E-state index contributed by atoms with van der Waals surface area (Å²) in [6, 6.07) is 7.08. The summed E-state index contributed by atoms with van der Waals surface area (Å²) in [5, 5.41) is 8.22. The largest absolute Gasteiger partial charge is 0.309 e. The first-order chi connectivity index (χ1) is 10.1. The molecule has 112 valence electrons. The van der Waals surface area contributed by atoms with Gasteiger partial charge in [0.05, 0.1) is 11.4 Å². The molecule has 3 nitrogen and oxygen atoms in total. The van der Waals surface area contributed by atoms with E-state index >= 15 is 0 Å². The number of hydrogen-bond acceptors (Lipinski definition) is 3. The summed E-state index contributed by atoms with van der Waals surface area (Å²) in [5.74, 6) is 2.23. The van der Waals surface area contributed by atoms with Gasteiger partial charge >= 0.3 is 0 Å². The van der Waals surface area contributed by atoms with Gasteiger partial charge in [0, 0.05) is 29.6 Å². The van der Waals surface area contributed by atoms with Crippen LogP contribution in [0.25, 0.3) is 5.69 Å². The van der Waals surface area contributed by atoms with Crippen LogP contribution < -0.4 is 5.32 Å². The van der Waals surface area contributed by atoms with Crippen LogP contribution in [-0.4, -0.2) is 27.3 Å². The Bertz CT molecular complexity index is 615. The summed E-state index contributed by atoms with van der Waals surface area (Å²) < 4.78 is 14.9. The third-order valence-electron chi connectivity index (χ3n) is 4.01. The van der Waals surface area contributed by atoms with Crippen molar-refractivity contribution in [2.24, 2.45) is 0 Å². The summed E-state index contributed by atoms with van der Waals surface area (Å²) in [6.07, 6.45) is 1.24. The van der Waals surface area contributed by atoms with Crippen molar-refractivity contribution < 1.29 is 4.39 Å². The third-order valence-corrected chi connectivity index (χ3v) is 5.17. The zero-order valence-electron chi connectivity index (χ0n) is 12.4. The fraction of sp³-hybridized carbons (Fsp3) is 0.438. The van der Waals surface area contributed by atoms with Crippen molar-refractivity contribution in [3.63, 3.8) is 0 Å². The van der Waals surface area contributed by atoms with Crippen LogP contribution in [0.3, 0.4) is 0 Å². The molecule has 0 amide bonds. The van der Waals surface area contributed by atoms with Crippen molar-refractivity contribution in [3.05, 3.63) is 47.0 Å². The summed E-state index contributed by atoms with van der Waals surface area (Å²) in [7, 11) is 0. The van der Waals surface area contributed by atoms with E-state index in [1.807, 2.05) is 23.4 Å². The predicted octanol–water partition coefficient (Wildman–Crippen LogP) is 3.22. The highest BCUT2D eigenvalue weighted by molar-refractivity contribution is 7.99. The molecule has 1 aliphatic rings. The molecule has 1 N–H and O–H groups in total. The number of aromatic nitrogens is 2. The van der Waals surface area contributed by atoms with E-state index in [0.29, 0.717) is 6.04 Å². The molecule has 2 aromatic rings. The molecule has 0 bridgehead atoms. The quantitative estimate of drug-likeness (QED) is 0.940. The van der Waals surface area contributed by atoms with Gasteiger partial charge in [-0.3, -0.25) is 0 Å². The van der Waals surface area contributed by atoms with Crippen LogP contribution in [0.5, 0.6) is 0 Å². The van der Waals surface area contributed by atoms with Crippen molar-refractivity contribution in [3.8, 4) is 5.69 Å². The van der Waals surface area contributed by atoms with E-state index in [4.69, 9.17) is 0 Å². The van der Waals surface area contributed by atoms with Gasteiger partial charge in [-0.25, -0.2) is 9.07 Å². The van der Waals surface area contributed by atoms with E-state index in [0.717, 1.165) is 23.6 Å². The van der Waals surface area contributed by atoms with E-state index in [9.17, 15) is 4.39 Å². The first-order valence-electron chi connectivity index (χ1n) is 7.27. The fourth-order valence-electron chi connectivity index (χ4n) is 2.71. The molecule has 3 rings (SSSR count). The molecule has 1 saturated heterocycles. The van der Waals surface area contributed by atoms with Crippen molar-refractivity contribution in [1.29, 1.82) is 0 Å². The van der Waals surface area contributed by atoms with Crippen molar-refractivity contribution in [2.75, 3.05) is 11.5 Å². The van der Waals surface area contributed by atoms with E-state index < -0.39 is 0 Å². The molecule has 1 fully saturated rings. The molecule has 1 aliphatic heterocycles. The Kier molecular flexibility index (Phi) is 4.31. The van der Waals surface area contributed by atoms with Gasteiger partial charge in [-0.15, -0.1) is 0 Å². The number of aryl methyl sites for hydroxylation is 1. The second-order valence-corrected chi connectivity index (χ2v) is 6.63. The van der Waals surface area contributed by atoms with E-state index in [2.05, 4.69) is 17.3 Å². The van der Waals surface area contributed by atoms with Crippen molar-refractivity contribution in [2.45, 2.75) is 32.9 Å². The van der Waals surface area contributed by atoms with E-state index in [1.54, 1.807) is 12.1 Å². The Labute approximate surface area is 128 Å². The van der Waals surface area contributed by atoms with Crippen LogP contribution in [0.1, 0.15) is 23.4 Å². The molecule has 0 aliphatic carbocycles. The molecule has 0 saturated carbocycles. The van der Waals surface area contributed by atoms with Gasteiger partial charge < -0.3 is 5.32 Å². The summed E-state index contributed by atoms with van der Waals surface area (Å²) in [5.41, 5.74) is 4.31. The normalized spacial score (nSPS) is 18.3. The highest BCUT2D eigenvalue weighted by atomic mass is 32.2. The Balaban J connectivity index is 1.80. The molecule has 0 spiro atoms. The minimum atomic E-state index is -0.221. The third kappa shape index (κ3) is 3.14. The zero-order valence-corrected chi connectivity index (χ0v) is 13.2.